The molecule has 35 heavy (non-hydrogen) atoms. The van der Waals surface area contributed by atoms with Gasteiger partial charge < -0.3 is 20.7 Å². The van der Waals surface area contributed by atoms with Crippen LogP contribution in [0.1, 0.15) is 30.3 Å². The average Bonchev–Trinajstić information content (AvgIpc) is 3.16. The van der Waals surface area contributed by atoms with Crippen LogP contribution in [0.5, 0.6) is 0 Å². The normalized spacial score (nSPS) is 21.3. The molecule has 2 aromatic heterocycles. The van der Waals surface area contributed by atoms with Crippen LogP contribution < -0.4 is 16.0 Å². The van der Waals surface area contributed by atoms with Gasteiger partial charge in [-0.15, -0.1) is 0 Å². The summed E-state index contributed by atoms with van der Waals surface area (Å²) in [6, 6.07) is 5.54. The van der Waals surface area contributed by atoms with Gasteiger partial charge in [0.1, 0.15) is 5.69 Å². The number of hydrogen-bond acceptors (Lipinski definition) is 9. The van der Waals surface area contributed by atoms with Crippen molar-refractivity contribution in [3.8, 4) is 0 Å². The predicted octanol–water partition coefficient (Wildman–Crippen LogP) is 3.66. The molecule has 1 amide bonds. The molecule has 0 saturated carbocycles. The standard InChI is InChI=1S/C24H26ClN7O2S/c1-15-21(26)24(14-34-15)5-9-32(10-6-24)23-29-11-16(12-30-23)35-19-4-2-3-17(20(19)25)31-22(33)18-13-27-7-8-28-18/h2-4,7-8,11-13,15,21H,5-6,9-10,14,26H2,1H3,(H,31,33)/t15-,21-/m0/s1. The van der Waals surface area contributed by atoms with Crippen molar-refractivity contribution in [2.75, 3.05) is 29.9 Å². The third-order valence-electron chi connectivity index (χ3n) is 6.74. The lowest BCUT2D eigenvalue weighted by Crippen LogP contribution is -2.50. The molecule has 2 atom stereocenters. The lowest BCUT2D eigenvalue weighted by molar-refractivity contribution is 0.0973. The number of benzene rings is 1. The van der Waals surface area contributed by atoms with Gasteiger partial charge in [-0.05, 0) is 31.9 Å². The predicted molar refractivity (Wildman–Crippen MR) is 135 cm³/mol. The summed E-state index contributed by atoms with van der Waals surface area (Å²) < 4.78 is 5.82. The first-order valence-electron chi connectivity index (χ1n) is 11.4. The van der Waals surface area contributed by atoms with E-state index in [1.807, 2.05) is 12.1 Å². The van der Waals surface area contributed by atoms with E-state index < -0.39 is 0 Å². The van der Waals surface area contributed by atoms with Crippen LogP contribution in [0.2, 0.25) is 5.02 Å². The Morgan fingerprint density at radius 2 is 1.97 bits per heavy atom. The molecule has 0 unspecified atom stereocenters. The lowest BCUT2D eigenvalue weighted by atomic mass is 9.73. The van der Waals surface area contributed by atoms with E-state index in [0.29, 0.717) is 16.7 Å². The smallest absolute Gasteiger partial charge is 0.275 e. The van der Waals surface area contributed by atoms with E-state index in [0.717, 1.165) is 42.3 Å². The number of carbonyl (C=O) groups is 1. The van der Waals surface area contributed by atoms with Gasteiger partial charge in [-0.3, -0.25) is 9.78 Å². The zero-order valence-electron chi connectivity index (χ0n) is 19.2. The summed E-state index contributed by atoms with van der Waals surface area (Å²) in [6.45, 7) is 4.50. The molecule has 11 heteroatoms. The summed E-state index contributed by atoms with van der Waals surface area (Å²) in [5.74, 6) is 0.332. The van der Waals surface area contributed by atoms with Crippen LogP contribution in [-0.2, 0) is 4.74 Å². The second-order valence-corrected chi connectivity index (χ2v) is 10.4. The van der Waals surface area contributed by atoms with Gasteiger partial charge in [-0.2, -0.15) is 0 Å². The van der Waals surface area contributed by atoms with E-state index >= 15 is 0 Å². The van der Waals surface area contributed by atoms with Crippen LogP contribution in [0, 0.1) is 5.41 Å². The summed E-state index contributed by atoms with van der Waals surface area (Å²) in [4.78, 5) is 33.4. The summed E-state index contributed by atoms with van der Waals surface area (Å²) in [6.07, 6.45) is 10.0. The maximum atomic E-state index is 12.4. The Balaban J connectivity index is 1.22. The van der Waals surface area contributed by atoms with Gasteiger partial charge in [-0.25, -0.2) is 15.0 Å². The number of aromatic nitrogens is 4. The molecule has 2 aliphatic heterocycles. The fourth-order valence-corrected chi connectivity index (χ4v) is 5.67. The van der Waals surface area contributed by atoms with Gasteiger partial charge in [0.15, 0.2) is 0 Å². The van der Waals surface area contributed by atoms with E-state index in [1.165, 1.54) is 30.4 Å². The van der Waals surface area contributed by atoms with Crippen molar-refractivity contribution in [3.05, 3.63) is 59.9 Å². The van der Waals surface area contributed by atoms with E-state index in [2.05, 4.69) is 37.1 Å². The topological polar surface area (TPSA) is 119 Å². The van der Waals surface area contributed by atoms with Crippen LogP contribution >= 0.6 is 23.4 Å². The van der Waals surface area contributed by atoms with Gasteiger partial charge in [0, 0.05) is 59.1 Å². The van der Waals surface area contributed by atoms with Gasteiger partial charge >= 0.3 is 0 Å². The maximum absolute atomic E-state index is 12.4. The van der Waals surface area contributed by atoms with Gasteiger partial charge in [0.2, 0.25) is 5.95 Å². The van der Waals surface area contributed by atoms with E-state index in [9.17, 15) is 4.79 Å². The van der Waals surface area contributed by atoms with Crippen LogP contribution in [0.25, 0.3) is 0 Å². The quantitative estimate of drug-likeness (QED) is 0.528. The molecular weight excluding hydrogens is 486 g/mol. The molecule has 0 bridgehead atoms. The van der Waals surface area contributed by atoms with E-state index in [1.54, 1.807) is 18.5 Å². The Morgan fingerprint density at radius 1 is 1.20 bits per heavy atom. The second-order valence-electron chi connectivity index (χ2n) is 8.87. The van der Waals surface area contributed by atoms with Crippen LogP contribution in [0.4, 0.5) is 11.6 Å². The SMILES string of the molecule is C[C@@H]1OCC2(CCN(c3ncc(Sc4cccc(NC(=O)c5cnccn5)c4Cl)cn3)CC2)[C@H]1N. The van der Waals surface area contributed by atoms with Crippen molar-refractivity contribution in [1.29, 1.82) is 0 Å². The van der Waals surface area contributed by atoms with Crippen LogP contribution in [0.3, 0.4) is 0 Å². The number of carbonyl (C=O) groups excluding carboxylic acids is 1. The molecular formula is C24H26ClN7O2S. The van der Waals surface area contributed by atoms with Gasteiger partial charge in [-0.1, -0.05) is 29.4 Å². The van der Waals surface area contributed by atoms with Crippen molar-refractivity contribution in [3.63, 3.8) is 0 Å². The zero-order chi connectivity index (χ0) is 24.4. The third-order valence-corrected chi connectivity index (χ3v) is 8.26. The minimum Gasteiger partial charge on any atom is -0.376 e. The highest BCUT2D eigenvalue weighted by atomic mass is 35.5. The molecule has 1 spiro atoms. The highest BCUT2D eigenvalue weighted by molar-refractivity contribution is 7.99. The molecule has 9 nitrogen and oxygen atoms in total. The first-order chi connectivity index (χ1) is 16.9. The molecule has 2 fully saturated rings. The molecule has 2 saturated heterocycles. The number of hydrogen-bond donors (Lipinski definition) is 2. The number of anilines is 2. The van der Waals surface area contributed by atoms with Gasteiger partial charge in [0.05, 0.1) is 29.6 Å². The third kappa shape index (κ3) is 4.97. The van der Waals surface area contributed by atoms with Crippen molar-refractivity contribution in [1.82, 2.24) is 19.9 Å². The Bertz CT molecular complexity index is 1190. The minimum absolute atomic E-state index is 0.0655. The fraction of sp³-hybridized carbons (Fsp3) is 0.375. The number of halogens is 1. The zero-order valence-corrected chi connectivity index (χ0v) is 20.8. The summed E-state index contributed by atoms with van der Waals surface area (Å²) in [5.41, 5.74) is 7.20. The van der Waals surface area contributed by atoms with Crippen molar-refractivity contribution >= 4 is 40.9 Å². The highest BCUT2D eigenvalue weighted by Gasteiger charge is 2.47. The fourth-order valence-electron chi connectivity index (χ4n) is 4.57. The number of ether oxygens (including phenoxy) is 1. The summed E-state index contributed by atoms with van der Waals surface area (Å²) in [5, 5.41) is 3.22. The number of nitrogens with zero attached hydrogens (tertiary/aromatic N) is 5. The molecule has 5 rings (SSSR count). The minimum atomic E-state index is -0.377. The van der Waals surface area contributed by atoms with Crippen molar-refractivity contribution in [2.24, 2.45) is 11.1 Å². The Hall–Kier alpha value is -2.79. The lowest BCUT2D eigenvalue weighted by Gasteiger charge is -2.41. The summed E-state index contributed by atoms with van der Waals surface area (Å²) in [7, 11) is 0. The molecule has 0 radical (unpaired) electrons. The van der Waals surface area contributed by atoms with Crippen LogP contribution in [-0.4, -0.2) is 57.7 Å². The molecule has 1 aromatic carbocycles. The summed E-state index contributed by atoms with van der Waals surface area (Å²) >= 11 is 8.02. The van der Waals surface area contributed by atoms with Crippen molar-refractivity contribution < 1.29 is 9.53 Å². The molecule has 182 valence electrons. The Labute approximate surface area is 212 Å². The number of nitrogens with one attached hydrogen (secondary N) is 1. The molecule has 3 aromatic rings. The Kier molecular flexibility index (Phi) is 6.88. The number of piperidine rings is 1. The monoisotopic (exact) mass is 511 g/mol. The first-order valence-corrected chi connectivity index (χ1v) is 12.6. The van der Waals surface area contributed by atoms with Gasteiger partial charge in [0.25, 0.3) is 5.91 Å². The molecule has 0 aliphatic carbocycles. The highest BCUT2D eigenvalue weighted by Crippen LogP contribution is 2.42. The van der Waals surface area contributed by atoms with E-state index in [4.69, 9.17) is 22.1 Å². The maximum Gasteiger partial charge on any atom is 0.275 e. The van der Waals surface area contributed by atoms with Crippen molar-refractivity contribution in [2.45, 2.75) is 41.7 Å². The molecule has 2 aliphatic rings. The first kappa shape index (κ1) is 23.9. The number of amides is 1. The van der Waals surface area contributed by atoms with E-state index in [-0.39, 0.29) is 29.2 Å². The number of nitrogens with two attached hydrogens (primary N) is 1. The molecule has 4 heterocycles. The second kappa shape index (κ2) is 10.1. The number of rotatable bonds is 5. The molecule has 3 N–H and O–H groups in total. The Morgan fingerprint density at radius 3 is 2.63 bits per heavy atom. The van der Waals surface area contributed by atoms with Crippen LogP contribution in [0.15, 0.2) is 59.0 Å². The largest absolute Gasteiger partial charge is 0.376 e. The average molecular weight is 512 g/mol.